The van der Waals surface area contributed by atoms with Crippen LogP contribution in [0, 0.1) is 11.3 Å². The lowest BCUT2D eigenvalue weighted by atomic mass is 10.0. The van der Waals surface area contributed by atoms with Crippen molar-refractivity contribution in [2.75, 3.05) is 0 Å². The molecule has 0 radical (unpaired) electrons. The van der Waals surface area contributed by atoms with Crippen LogP contribution in [-0.2, 0) is 0 Å². The second kappa shape index (κ2) is 7.91. The molecule has 0 saturated heterocycles. The smallest absolute Gasteiger partial charge is 0.101 e. The third kappa shape index (κ3) is 3.71. The molecule has 4 nitrogen and oxygen atoms in total. The fourth-order valence-electron chi connectivity index (χ4n) is 2.88. The van der Waals surface area contributed by atoms with Gasteiger partial charge in [-0.1, -0.05) is 48.0 Å². The molecule has 4 aromatic rings. The molecule has 134 valence electrons. The molecule has 2 aromatic carbocycles. The predicted molar refractivity (Wildman–Crippen MR) is 112 cm³/mol. The Morgan fingerprint density at radius 3 is 2.39 bits per heavy atom. The van der Waals surface area contributed by atoms with Gasteiger partial charge in [0.25, 0.3) is 0 Å². The van der Waals surface area contributed by atoms with E-state index in [0.717, 1.165) is 22.5 Å². The van der Waals surface area contributed by atoms with Crippen LogP contribution in [-0.4, -0.2) is 14.8 Å². The number of nitrogens with zero attached hydrogens (tertiary/aromatic N) is 4. The van der Waals surface area contributed by atoms with Crippen LogP contribution < -0.4 is 0 Å². The zero-order valence-electron chi connectivity index (χ0n) is 14.8. The van der Waals surface area contributed by atoms with Gasteiger partial charge in [0, 0.05) is 28.5 Å². The number of pyridine rings is 1. The Bertz CT molecular complexity index is 1150. The van der Waals surface area contributed by atoms with E-state index in [9.17, 15) is 5.26 Å². The van der Waals surface area contributed by atoms with Crippen LogP contribution in [0.2, 0.25) is 5.02 Å². The Morgan fingerprint density at radius 1 is 0.964 bits per heavy atom. The first kappa shape index (κ1) is 17.7. The first-order valence-corrected chi connectivity index (χ1v) is 9.06. The lowest BCUT2D eigenvalue weighted by Crippen LogP contribution is -1.93. The summed E-state index contributed by atoms with van der Waals surface area (Å²) in [5.74, 6) is 0. The van der Waals surface area contributed by atoms with Gasteiger partial charge in [-0.05, 0) is 42.5 Å². The molecule has 2 aromatic heterocycles. The molecule has 0 amide bonds. The third-order valence-corrected chi connectivity index (χ3v) is 4.49. The fraction of sp³-hybridized carbons (Fsp3) is 0. The summed E-state index contributed by atoms with van der Waals surface area (Å²) in [5.41, 5.74) is 4.55. The summed E-state index contributed by atoms with van der Waals surface area (Å²) in [6.07, 6.45) is 5.41. The van der Waals surface area contributed by atoms with E-state index in [1.165, 1.54) is 0 Å². The summed E-state index contributed by atoms with van der Waals surface area (Å²) in [4.78, 5) is 4.29. The number of allylic oxidation sites excluding steroid dienone is 1. The van der Waals surface area contributed by atoms with Crippen LogP contribution in [0.3, 0.4) is 0 Å². The van der Waals surface area contributed by atoms with E-state index >= 15 is 0 Å². The van der Waals surface area contributed by atoms with Crippen molar-refractivity contribution in [1.29, 1.82) is 5.26 Å². The van der Waals surface area contributed by atoms with Gasteiger partial charge in [0.05, 0.1) is 22.6 Å². The van der Waals surface area contributed by atoms with Crippen LogP contribution in [0.1, 0.15) is 11.3 Å². The molecule has 0 atom stereocenters. The Kier molecular flexibility index (Phi) is 5.01. The number of para-hydroxylation sites is 1. The summed E-state index contributed by atoms with van der Waals surface area (Å²) in [7, 11) is 0. The van der Waals surface area contributed by atoms with E-state index in [1.807, 2.05) is 89.8 Å². The normalized spacial score (nSPS) is 11.2. The van der Waals surface area contributed by atoms with Gasteiger partial charge in [0.2, 0.25) is 0 Å². The SMILES string of the molecule is N#C/C(=C\c1cn(-c2ccccc2)nc1-c1ccc(Cl)cc1)c1ccccn1. The van der Waals surface area contributed by atoms with Crippen molar-refractivity contribution >= 4 is 23.3 Å². The molecule has 0 fully saturated rings. The highest BCUT2D eigenvalue weighted by Gasteiger charge is 2.13. The molecule has 0 bridgehead atoms. The van der Waals surface area contributed by atoms with Crippen molar-refractivity contribution in [3.8, 4) is 23.0 Å². The average Bonchev–Trinajstić information content (AvgIpc) is 3.18. The number of hydrogen-bond acceptors (Lipinski definition) is 3. The van der Waals surface area contributed by atoms with Gasteiger partial charge in [-0.3, -0.25) is 4.98 Å². The number of benzene rings is 2. The van der Waals surface area contributed by atoms with Crippen LogP contribution in [0.5, 0.6) is 0 Å². The Hall–Kier alpha value is -3.68. The number of nitriles is 1. The minimum absolute atomic E-state index is 0.475. The maximum absolute atomic E-state index is 9.66. The monoisotopic (exact) mass is 382 g/mol. The van der Waals surface area contributed by atoms with Crippen molar-refractivity contribution in [3.05, 3.63) is 101 Å². The average molecular weight is 383 g/mol. The number of rotatable bonds is 4. The first-order valence-electron chi connectivity index (χ1n) is 8.69. The highest BCUT2D eigenvalue weighted by molar-refractivity contribution is 6.30. The van der Waals surface area contributed by atoms with Crippen LogP contribution in [0.4, 0.5) is 0 Å². The second-order valence-corrected chi connectivity index (χ2v) is 6.54. The Labute approximate surface area is 168 Å². The summed E-state index contributed by atoms with van der Waals surface area (Å²) < 4.78 is 1.81. The molecule has 0 unspecified atom stereocenters. The molecular formula is C23H15ClN4. The second-order valence-electron chi connectivity index (χ2n) is 6.10. The zero-order valence-corrected chi connectivity index (χ0v) is 15.6. The molecule has 4 rings (SSSR count). The largest absolute Gasteiger partial charge is 0.256 e. The molecule has 0 spiro atoms. The van der Waals surface area contributed by atoms with Crippen molar-refractivity contribution < 1.29 is 0 Å². The number of aromatic nitrogens is 3. The summed E-state index contributed by atoms with van der Waals surface area (Å²) in [6, 6.07) is 25.1. The molecule has 0 aliphatic carbocycles. The zero-order chi connectivity index (χ0) is 19.3. The van der Waals surface area contributed by atoms with E-state index < -0.39 is 0 Å². The van der Waals surface area contributed by atoms with Gasteiger partial charge in [0.1, 0.15) is 6.07 Å². The minimum Gasteiger partial charge on any atom is -0.256 e. The molecule has 0 aliphatic rings. The summed E-state index contributed by atoms with van der Waals surface area (Å²) in [5, 5.41) is 15.1. The number of halogens is 1. The molecular weight excluding hydrogens is 368 g/mol. The Morgan fingerprint density at radius 2 is 1.71 bits per heavy atom. The van der Waals surface area contributed by atoms with Crippen molar-refractivity contribution in [2.24, 2.45) is 0 Å². The van der Waals surface area contributed by atoms with E-state index in [1.54, 1.807) is 6.20 Å². The lowest BCUT2D eigenvalue weighted by molar-refractivity contribution is 0.884. The van der Waals surface area contributed by atoms with Crippen molar-refractivity contribution in [3.63, 3.8) is 0 Å². The molecule has 0 saturated carbocycles. The van der Waals surface area contributed by atoms with Crippen molar-refractivity contribution in [2.45, 2.75) is 0 Å². The quantitative estimate of drug-likeness (QED) is 0.428. The molecule has 5 heteroatoms. The first-order chi connectivity index (χ1) is 13.7. The van der Waals surface area contributed by atoms with E-state index in [0.29, 0.717) is 16.3 Å². The van der Waals surface area contributed by atoms with Gasteiger partial charge in [0.15, 0.2) is 0 Å². The highest BCUT2D eigenvalue weighted by Crippen LogP contribution is 2.28. The summed E-state index contributed by atoms with van der Waals surface area (Å²) in [6.45, 7) is 0. The molecule has 2 heterocycles. The van der Waals surface area contributed by atoms with E-state index in [2.05, 4.69) is 11.1 Å². The maximum Gasteiger partial charge on any atom is 0.101 e. The standard InChI is InChI=1S/C23H15ClN4/c24-20-11-9-17(10-12-20)23-19(14-18(15-25)22-8-4-5-13-26-22)16-28(27-23)21-6-2-1-3-7-21/h1-14,16H/b18-14+. The Balaban J connectivity index is 1.87. The molecule has 0 N–H and O–H groups in total. The maximum atomic E-state index is 9.66. The molecule has 28 heavy (non-hydrogen) atoms. The molecule has 0 aliphatic heterocycles. The van der Waals surface area contributed by atoms with Gasteiger partial charge >= 0.3 is 0 Å². The highest BCUT2D eigenvalue weighted by atomic mass is 35.5. The van der Waals surface area contributed by atoms with Gasteiger partial charge in [-0.25, -0.2) is 4.68 Å². The predicted octanol–water partition coefficient (Wildman–Crippen LogP) is 5.65. The summed E-state index contributed by atoms with van der Waals surface area (Å²) >= 11 is 6.04. The van der Waals surface area contributed by atoms with Crippen LogP contribution in [0.15, 0.2) is 85.2 Å². The van der Waals surface area contributed by atoms with Gasteiger partial charge < -0.3 is 0 Å². The van der Waals surface area contributed by atoms with Gasteiger partial charge in [-0.15, -0.1) is 0 Å². The fourth-order valence-corrected chi connectivity index (χ4v) is 3.01. The van der Waals surface area contributed by atoms with Crippen molar-refractivity contribution in [1.82, 2.24) is 14.8 Å². The van der Waals surface area contributed by atoms with Crippen LogP contribution in [0.25, 0.3) is 28.6 Å². The minimum atomic E-state index is 0.475. The van der Waals surface area contributed by atoms with E-state index in [-0.39, 0.29) is 0 Å². The van der Waals surface area contributed by atoms with Gasteiger partial charge in [-0.2, -0.15) is 10.4 Å². The topological polar surface area (TPSA) is 54.5 Å². The third-order valence-electron chi connectivity index (χ3n) is 4.24. The number of hydrogen-bond donors (Lipinski definition) is 0. The van der Waals surface area contributed by atoms with Crippen LogP contribution >= 0.6 is 11.6 Å². The lowest BCUT2D eigenvalue weighted by Gasteiger charge is -2.01. The van der Waals surface area contributed by atoms with E-state index in [4.69, 9.17) is 16.7 Å².